The van der Waals surface area contributed by atoms with Gasteiger partial charge in [0.2, 0.25) is 5.91 Å². The minimum absolute atomic E-state index is 0.107. The molecule has 7 nitrogen and oxygen atoms in total. The molecule has 5 rings (SSSR count). The summed E-state index contributed by atoms with van der Waals surface area (Å²) in [7, 11) is 0. The SMILES string of the molecule is CCOc1cc2c(cc1OCC)C(C(=Nc1ccc(CN3CCNCC3)cc1)c1ccccc1)C(=O)N2. The van der Waals surface area contributed by atoms with Gasteiger partial charge in [-0.05, 0) is 48.7 Å². The zero-order valence-corrected chi connectivity index (χ0v) is 21.5. The Morgan fingerprint density at radius 2 is 1.62 bits per heavy atom. The summed E-state index contributed by atoms with van der Waals surface area (Å²) in [6.07, 6.45) is 0. The number of nitrogens with one attached hydrogen (secondary N) is 2. The zero-order chi connectivity index (χ0) is 25.6. The first kappa shape index (κ1) is 25.0. The van der Waals surface area contributed by atoms with Crippen LogP contribution in [0.1, 0.15) is 36.5 Å². The number of hydrogen-bond acceptors (Lipinski definition) is 6. The van der Waals surface area contributed by atoms with Crippen LogP contribution in [0.5, 0.6) is 11.5 Å². The summed E-state index contributed by atoms with van der Waals surface area (Å²) in [5, 5.41) is 6.44. The molecule has 3 aromatic rings. The van der Waals surface area contributed by atoms with E-state index in [1.165, 1.54) is 5.56 Å². The molecule has 1 saturated heterocycles. The lowest BCUT2D eigenvalue weighted by molar-refractivity contribution is -0.115. The second kappa shape index (κ2) is 11.6. The summed E-state index contributed by atoms with van der Waals surface area (Å²) >= 11 is 0. The first-order valence-corrected chi connectivity index (χ1v) is 13.1. The first-order chi connectivity index (χ1) is 18.2. The maximum atomic E-state index is 13.4. The van der Waals surface area contributed by atoms with Crippen LogP contribution in [0.2, 0.25) is 0 Å². The molecule has 0 saturated carbocycles. The van der Waals surface area contributed by atoms with E-state index in [-0.39, 0.29) is 5.91 Å². The quantitative estimate of drug-likeness (QED) is 0.417. The summed E-state index contributed by atoms with van der Waals surface area (Å²) in [5.74, 6) is 0.591. The van der Waals surface area contributed by atoms with Crippen LogP contribution in [0, 0.1) is 0 Å². The highest BCUT2D eigenvalue weighted by Gasteiger charge is 2.37. The van der Waals surface area contributed by atoms with Gasteiger partial charge in [-0.15, -0.1) is 0 Å². The molecule has 1 atom stereocenters. The highest BCUT2D eigenvalue weighted by atomic mass is 16.5. The van der Waals surface area contributed by atoms with Crippen molar-refractivity contribution in [3.8, 4) is 11.5 Å². The number of fused-ring (bicyclic) bond motifs is 1. The molecule has 37 heavy (non-hydrogen) atoms. The van der Waals surface area contributed by atoms with E-state index in [0.717, 1.165) is 55.2 Å². The van der Waals surface area contributed by atoms with E-state index < -0.39 is 5.92 Å². The van der Waals surface area contributed by atoms with E-state index in [2.05, 4.69) is 27.7 Å². The van der Waals surface area contributed by atoms with Crippen LogP contribution < -0.4 is 20.1 Å². The fourth-order valence-corrected chi connectivity index (χ4v) is 4.92. The van der Waals surface area contributed by atoms with E-state index in [1.807, 2.05) is 68.4 Å². The number of rotatable bonds is 9. The Labute approximate surface area is 218 Å². The van der Waals surface area contributed by atoms with Crippen molar-refractivity contribution in [3.63, 3.8) is 0 Å². The minimum Gasteiger partial charge on any atom is -0.490 e. The molecule has 7 heteroatoms. The Morgan fingerprint density at radius 3 is 2.30 bits per heavy atom. The van der Waals surface area contributed by atoms with E-state index in [9.17, 15) is 4.79 Å². The molecule has 192 valence electrons. The molecule has 0 spiro atoms. The number of nitrogens with zero attached hydrogens (tertiary/aromatic N) is 2. The summed E-state index contributed by atoms with van der Waals surface area (Å²) in [5.41, 5.74) is 5.27. The molecule has 0 aromatic heterocycles. The molecule has 0 radical (unpaired) electrons. The van der Waals surface area contributed by atoms with Crippen molar-refractivity contribution < 1.29 is 14.3 Å². The average Bonchev–Trinajstić information content (AvgIpc) is 3.24. The summed E-state index contributed by atoms with van der Waals surface area (Å²) in [6.45, 7) is 9.99. The lowest BCUT2D eigenvalue weighted by Crippen LogP contribution is -2.42. The molecule has 2 aliphatic heterocycles. The number of carbonyl (C=O) groups is 1. The Bertz CT molecular complexity index is 1250. The van der Waals surface area contributed by atoms with Crippen LogP contribution in [0.4, 0.5) is 11.4 Å². The van der Waals surface area contributed by atoms with Crippen LogP contribution in [-0.2, 0) is 11.3 Å². The summed E-state index contributed by atoms with van der Waals surface area (Å²) < 4.78 is 11.6. The largest absolute Gasteiger partial charge is 0.490 e. The molecule has 0 bridgehead atoms. The number of benzene rings is 3. The second-order valence-electron chi connectivity index (χ2n) is 9.23. The van der Waals surface area contributed by atoms with Crippen molar-refractivity contribution >= 4 is 23.0 Å². The van der Waals surface area contributed by atoms with Gasteiger partial charge in [0.1, 0.15) is 5.92 Å². The lowest BCUT2D eigenvalue weighted by Gasteiger charge is -2.27. The summed E-state index contributed by atoms with van der Waals surface area (Å²) in [6, 6.07) is 22.0. The van der Waals surface area contributed by atoms with E-state index in [4.69, 9.17) is 14.5 Å². The average molecular weight is 499 g/mol. The van der Waals surface area contributed by atoms with Crippen molar-refractivity contribution in [2.24, 2.45) is 4.99 Å². The molecule has 0 aliphatic carbocycles. The second-order valence-corrected chi connectivity index (χ2v) is 9.23. The number of aliphatic imine (C=N–C) groups is 1. The Morgan fingerprint density at radius 1 is 0.946 bits per heavy atom. The number of anilines is 1. The molecule has 2 heterocycles. The fourth-order valence-electron chi connectivity index (χ4n) is 4.92. The van der Waals surface area contributed by atoms with E-state index in [1.54, 1.807) is 0 Å². The number of ether oxygens (including phenoxy) is 2. The highest BCUT2D eigenvalue weighted by Crippen LogP contribution is 2.43. The van der Waals surface area contributed by atoms with Crippen molar-refractivity contribution in [2.45, 2.75) is 26.3 Å². The van der Waals surface area contributed by atoms with Gasteiger partial charge in [0.05, 0.1) is 24.6 Å². The van der Waals surface area contributed by atoms with Crippen molar-refractivity contribution in [3.05, 3.63) is 83.4 Å². The molecule has 1 fully saturated rings. The number of amides is 1. The molecular weight excluding hydrogens is 464 g/mol. The van der Waals surface area contributed by atoms with Crippen molar-refractivity contribution in [2.75, 3.05) is 44.7 Å². The van der Waals surface area contributed by atoms with Crippen LogP contribution in [0.25, 0.3) is 0 Å². The monoisotopic (exact) mass is 498 g/mol. The van der Waals surface area contributed by atoms with Gasteiger partial charge in [0.25, 0.3) is 0 Å². The summed E-state index contributed by atoms with van der Waals surface area (Å²) in [4.78, 5) is 20.9. The fraction of sp³-hybridized carbons (Fsp3) is 0.333. The first-order valence-electron chi connectivity index (χ1n) is 13.1. The smallest absolute Gasteiger partial charge is 0.238 e. The van der Waals surface area contributed by atoms with Gasteiger partial charge < -0.3 is 20.1 Å². The van der Waals surface area contributed by atoms with E-state index >= 15 is 0 Å². The van der Waals surface area contributed by atoms with Gasteiger partial charge in [-0.25, -0.2) is 0 Å². The van der Waals surface area contributed by atoms with Crippen LogP contribution in [-0.4, -0.2) is 55.9 Å². The molecule has 3 aromatic carbocycles. The maximum Gasteiger partial charge on any atom is 0.238 e. The van der Waals surface area contributed by atoms with Crippen molar-refractivity contribution in [1.82, 2.24) is 10.2 Å². The van der Waals surface area contributed by atoms with Crippen molar-refractivity contribution in [1.29, 1.82) is 0 Å². The molecule has 2 N–H and O–H groups in total. The predicted molar refractivity (Wildman–Crippen MR) is 147 cm³/mol. The minimum atomic E-state index is -0.562. The maximum absolute atomic E-state index is 13.4. The molecule has 1 unspecified atom stereocenters. The molecule has 2 aliphatic rings. The molecular formula is C30H34N4O3. The van der Waals surface area contributed by atoms with Gasteiger partial charge in [0, 0.05) is 44.5 Å². The number of piperazine rings is 1. The third-order valence-electron chi connectivity index (χ3n) is 6.69. The van der Waals surface area contributed by atoms with Gasteiger partial charge >= 0.3 is 0 Å². The Balaban J connectivity index is 1.50. The van der Waals surface area contributed by atoms with Crippen LogP contribution >= 0.6 is 0 Å². The standard InChI is InChI=1S/C30H34N4O3/c1-3-36-26-18-24-25(19-27(26)37-4-2)33-30(35)28(24)29(22-8-6-5-7-9-22)32-23-12-10-21(11-13-23)20-34-16-14-31-15-17-34/h5-13,18-19,28,31H,3-4,14-17,20H2,1-2H3,(H,33,35). The predicted octanol–water partition coefficient (Wildman–Crippen LogP) is 4.75. The third kappa shape index (κ3) is 5.68. The Hall–Kier alpha value is -3.68. The zero-order valence-electron chi connectivity index (χ0n) is 21.5. The normalized spacial score (nSPS) is 17.8. The van der Waals surface area contributed by atoms with Crippen LogP contribution in [0.3, 0.4) is 0 Å². The molecule has 1 amide bonds. The van der Waals surface area contributed by atoms with Gasteiger partial charge in [0.15, 0.2) is 11.5 Å². The van der Waals surface area contributed by atoms with Crippen LogP contribution in [0.15, 0.2) is 71.7 Å². The number of hydrogen-bond donors (Lipinski definition) is 2. The van der Waals surface area contributed by atoms with Gasteiger partial charge in [-0.2, -0.15) is 0 Å². The lowest BCUT2D eigenvalue weighted by atomic mass is 9.90. The Kier molecular flexibility index (Phi) is 7.82. The third-order valence-corrected chi connectivity index (χ3v) is 6.69. The van der Waals surface area contributed by atoms with Gasteiger partial charge in [-0.3, -0.25) is 14.7 Å². The van der Waals surface area contributed by atoms with Gasteiger partial charge in [-0.1, -0.05) is 42.5 Å². The topological polar surface area (TPSA) is 75.2 Å². The van der Waals surface area contributed by atoms with E-state index in [0.29, 0.717) is 30.4 Å². The highest BCUT2D eigenvalue weighted by molar-refractivity contribution is 6.24. The number of carbonyl (C=O) groups excluding carboxylic acids is 1.